The van der Waals surface area contributed by atoms with Crippen molar-refractivity contribution in [3.8, 4) is 0 Å². The van der Waals surface area contributed by atoms with Crippen LogP contribution in [0, 0.1) is 0 Å². The number of esters is 2. The predicted molar refractivity (Wildman–Crippen MR) is 70.2 cm³/mol. The van der Waals surface area contributed by atoms with Crippen LogP contribution in [0.1, 0.15) is 52.4 Å². The van der Waals surface area contributed by atoms with Gasteiger partial charge in [0.25, 0.3) is 11.7 Å². The average Bonchev–Trinajstić information content (AvgIpc) is 2.46. The third-order valence-corrected chi connectivity index (χ3v) is 2.51. The van der Waals surface area contributed by atoms with Crippen molar-refractivity contribution in [2.75, 3.05) is 13.2 Å². The maximum absolute atomic E-state index is 13.3. The van der Waals surface area contributed by atoms with Gasteiger partial charge in [0, 0.05) is 0 Å². The molecule has 0 aromatic carbocycles. The highest BCUT2D eigenvalue weighted by Gasteiger charge is 2.24. The van der Waals surface area contributed by atoms with Crippen molar-refractivity contribution in [1.82, 2.24) is 0 Å². The fourth-order valence-corrected chi connectivity index (χ4v) is 1.34. The molecule has 0 fully saturated rings. The topological polar surface area (TPSA) is 52.6 Å². The van der Waals surface area contributed by atoms with Gasteiger partial charge in [0.05, 0.1) is 13.2 Å². The SMILES string of the molecule is CCCCCOC(=O)/C(F)=C(/F)C(=O)OCCCCC. The van der Waals surface area contributed by atoms with Crippen molar-refractivity contribution in [3.63, 3.8) is 0 Å². The van der Waals surface area contributed by atoms with Gasteiger partial charge in [-0.1, -0.05) is 39.5 Å². The van der Waals surface area contributed by atoms with E-state index in [1.165, 1.54) is 0 Å². The highest BCUT2D eigenvalue weighted by atomic mass is 19.2. The van der Waals surface area contributed by atoms with E-state index in [4.69, 9.17) is 0 Å². The maximum Gasteiger partial charge on any atom is 0.370 e. The number of carbonyl (C=O) groups is 2. The molecule has 0 aromatic heterocycles. The maximum atomic E-state index is 13.3. The summed E-state index contributed by atoms with van der Waals surface area (Å²) in [6.45, 7) is 3.91. The Bertz CT molecular complexity index is 308. The first-order valence-electron chi connectivity index (χ1n) is 6.94. The molecule has 0 atom stereocenters. The fraction of sp³-hybridized carbons (Fsp3) is 0.714. The molecule has 0 saturated heterocycles. The highest BCUT2D eigenvalue weighted by molar-refractivity contribution is 5.97. The summed E-state index contributed by atoms with van der Waals surface area (Å²) < 4.78 is 35.5. The van der Waals surface area contributed by atoms with Gasteiger partial charge >= 0.3 is 11.9 Å². The lowest BCUT2D eigenvalue weighted by atomic mass is 10.3. The molecule has 0 N–H and O–H groups in total. The molecule has 0 unspecified atom stereocenters. The number of ether oxygens (including phenoxy) is 2. The summed E-state index contributed by atoms with van der Waals surface area (Å²) >= 11 is 0. The van der Waals surface area contributed by atoms with Gasteiger partial charge in [-0.15, -0.1) is 0 Å². The number of halogens is 2. The minimum atomic E-state index is -1.83. The van der Waals surface area contributed by atoms with Gasteiger partial charge in [0.1, 0.15) is 0 Å². The molecule has 4 nitrogen and oxygen atoms in total. The molecular formula is C14H22F2O4. The first kappa shape index (κ1) is 18.5. The van der Waals surface area contributed by atoms with Crippen LogP contribution in [0.15, 0.2) is 11.7 Å². The van der Waals surface area contributed by atoms with Gasteiger partial charge in [-0.2, -0.15) is 8.78 Å². The van der Waals surface area contributed by atoms with Crippen LogP contribution in [-0.4, -0.2) is 25.2 Å². The van der Waals surface area contributed by atoms with Crippen LogP contribution in [-0.2, 0) is 19.1 Å². The predicted octanol–water partition coefficient (Wildman–Crippen LogP) is 3.60. The lowest BCUT2D eigenvalue weighted by Crippen LogP contribution is -2.13. The quantitative estimate of drug-likeness (QED) is 0.351. The van der Waals surface area contributed by atoms with Crippen molar-refractivity contribution in [2.24, 2.45) is 0 Å². The second kappa shape index (κ2) is 11.4. The normalized spacial score (nSPS) is 11.8. The van der Waals surface area contributed by atoms with Gasteiger partial charge in [0.15, 0.2) is 0 Å². The van der Waals surface area contributed by atoms with Crippen LogP contribution >= 0.6 is 0 Å². The van der Waals surface area contributed by atoms with Crippen molar-refractivity contribution >= 4 is 11.9 Å². The van der Waals surface area contributed by atoms with E-state index in [-0.39, 0.29) is 13.2 Å². The standard InChI is InChI=1S/C14H22F2O4/c1-3-5-7-9-19-13(17)11(15)12(16)14(18)20-10-8-6-4-2/h3-10H2,1-2H3/b12-11-. The molecule has 0 rings (SSSR count). The average molecular weight is 292 g/mol. The molecule has 6 heteroatoms. The lowest BCUT2D eigenvalue weighted by molar-refractivity contribution is -0.145. The van der Waals surface area contributed by atoms with E-state index in [0.717, 1.165) is 25.7 Å². The Hall–Kier alpha value is -1.46. The summed E-state index contributed by atoms with van der Waals surface area (Å²) in [4.78, 5) is 22.3. The molecule has 0 spiro atoms. The number of hydrogen-bond acceptors (Lipinski definition) is 4. The van der Waals surface area contributed by atoms with Crippen molar-refractivity contribution < 1.29 is 27.8 Å². The zero-order valence-corrected chi connectivity index (χ0v) is 12.0. The molecule has 0 saturated carbocycles. The molecule has 0 aliphatic heterocycles. The Morgan fingerprint density at radius 1 is 0.750 bits per heavy atom. The van der Waals surface area contributed by atoms with Crippen LogP contribution in [0.4, 0.5) is 8.78 Å². The number of carbonyl (C=O) groups excluding carboxylic acids is 2. The molecule has 116 valence electrons. The molecule has 20 heavy (non-hydrogen) atoms. The smallest absolute Gasteiger partial charge is 0.370 e. The van der Waals surface area contributed by atoms with E-state index in [1.807, 2.05) is 13.8 Å². The Kier molecular flexibility index (Phi) is 10.5. The lowest BCUT2D eigenvalue weighted by Gasteiger charge is -2.04. The Balaban J connectivity index is 4.19. The van der Waals surface area contributed by atoms with E-state index in [9.17, 15) is 18.4 Å². The minimum absolute atomic E-state index is 0.00107. The van der Waals surface area contributed by atoms with E-state index >= 15 is 0 Å². The zero-order valence-electron chi connectivity index (χ0n) is 12.0. The molecule has 0 radical (unpaired) electrons. The second-order valence-electron chi connectivity index (χ2n) is 4.31. The molecule has 0 amide bonds. The second-order valence-corrected chi connectivity index (χ2v) is 4.31. The Labute approximate surface area is 118 Å². The Morgan fingerprint density at radius 3 is 1.40 bits per heavy atom. The summed E-state index contributed by atoms with van der Waals surface area (Å²) in [6, 6.07) is 0. The van der Waals surface area contributed by atoms with Crippen LogP contribution in [0.2, 0.25) is 0 Å². The van der Waals surface area contributed by atoms with Crippen LogP contribution in [0.3, 0.4) is 0 Å². The molecule has 0 bridgehead atoms. The van der Waals surface area contributed by atoms with Gasteiger partial charge < -0.3 is 9.47 Å². The molecular weight excluding hydrogens is 270 g/mol. The first-order valence-corrected chi connectivity index (χ1v) is 6.94. The van der Waals surface area contributed by atoms with E-state index < -0.39 is 23.6 Å². The monoisotopic (exact) mass is 292 g/mol. The zero-order chi connectivity index (χ0) is 15.4. The molecule has 0 aromatic rings. The summed E-state index contributed by atoms with van der Waals surface area (Å²) in [6.07, 6.45) is 4.60. The molecule has 0 heterocycles. The number of rotatable bonds is 10. The summed E-state index contributed by atoms with van der Waals surface area (Å²) in [5.41, 5.74) is 0. The summed E-state index contributed by atoms with van der Waals surface area (Å²) in [7, 11) is 0. The van der Waals surface area contributed by atoms with Crippen molar-refractivity contribution in [2.45, 2.75) is 52.4 Å². The third kappa shape index (κ3) is 7.86. The van der Waals surface area contributed by atoms with Crippen molar-refractivity contribution in [3.05, 3.63) is 11.7 Å². The summed E-state index contributed by atoms with van der Waals surface area (Å²) in [5.74, 6) is -6.60. The Morgan fingerprint density at radius 2 is 1.10 bits per heavy atom. The van der Waals surface area contributed by atoms with Crippen LogP contribution in [0.5, 0.6) is 0 Å². The first-order chi connectivity index (χ1) is 9.54. The van der Waals surface area contributed by atoms with Crippen molar-refractivity contribution in [1.29, 1.82) is 0 Å². The van der Waals surface area contributed by atoms with Gasteiger partial charge in [0.2, 0.25) is 0 Å². The van der Waals surface area contributed by atoms with Gasteiger partial charge in [-0.3, -0.25) is 0 Å². The van der Waals surface area contributed by atoms with E-state index in [1.54, 1.807) is 0 Å². The largest absolute Gasteiger partial charge is 0.460 e. The van der Waals surface area contributed by atoms with Crippen LogP contribution in [0.25, 0.3) is 0 Å². The summed E-state index contributed by atoms with van der Waals surface area (Å²) in [5, 5.41) is 0. The number of hydrogen-bond donors (Lipinski definition) is 0. The highest BCUT2D eigenvalue weighted by Crippen LogP contribution is 2.13. The number of unbranched alkanes of at least 4 members (excludes halogenated alkanes) is 4. The van der Waals surface area contributed by atoms with E-state index in [2.05, 4.69) is 9.47 Å². The molecule has 0 aliphatic carbocycles. The fourth-order valence-electron chi connectivity index (χ4n) is 1.34. The third-order valence-electron chi connectivity index (χ3n) is 2.51. The molecule has 0 aliphatic rings. The van der Waals surface area contributed by atoms with Gasteiger partial charge in [-0.05, 0) is 12.8 Å². The van der Waals surface area contributed by atoms with Crippen LogP contribution < -0.4 is 0 Å². The van der Waals surface area contributed by atoms with E-state index in [0.29, 0.717) is 12.8 Å². The minimum Gasteiger partial charge on any atom is -0.460 e. The van der Waals surface area contributed by atoms with Gasteiger partial charge in [-0.25, -0.2) is 9.59 Å².